The third-order valence-electron chi connectivity index (χ3n) is 0.775. The number of aliphatic carboxylic acids is 1. The lowest BCUT2D eigenvalue weighted by Crippen LogP contribution is -2.42. The Morgan fingerprint density at radius 1 is 1.82 bits per heavy atom. The van der Waals surface area contributed by atoms with Gasteiger partial charge in [-0.2, -0.15) is 0 Å². The highest BCUT2D eigenvalue weighted by atomic mass is 16.4. The summed E-state index contributed by atoms with van der Waals surface area (Å²) in [6.07, 6.45) is -3.39. The van der Waals surface area contributed by atoms with Crippen LogP contribution in [0.1, 0.15) is 17.4 Å². The fraction of sp³-hybridized carbons (Fsp3) is 0.857. The largest absolute Gasteiger partial charge is 0.481 e. The molecule has 0 aromatic rings. The molecule has 0 rings (SSSR count). The van der Waals surface area contributed by atoms with Gasteiger partial charge in [0, 0.05) is 0 Å². The van der Waals surface area contributed by atoms with Crippen LogP contribution in [0.4, 0.5) is 0 Å². The van der Waals surface area contributed by atoms with Crippen molar-refractivity contribution in [3.8, 4) is 0 Å². The number of quaternary nitrogens is 1. The number of rotatable bonds is 4. The summed E-state index contributed by atoms with van der Waals surface area (Å²) in [6, 6.07) is 0. The van der Waals surface area contributed by atoms with Crippen LogP contribution in [-0.4, -0.2) is 54.3 Å². The summed E-state index contributed by atoms with van der Waals surface area (Å²) in [5.74, 6) is -1.57. The van der Waals surface area contributed by atoms with Crippen molar-refractivity contribution in [1.82, 2.24) is 0 Å². The van der Waals surface area contributed by atoms with E-state index in [1.165, 1.54) is 0 Å². The number of carbonyl (C=O) groups is 1. The molecule has 0 saturated heterocycles. The quantitative estimate of drug-likeness (QED) is 0.561. The summed E-state index contributed by atoms with van der Waals surface area (Å²) in [6.45, 7) is -9.82. The number of likely N-dealkylation sites (N-methyl/N-ethyl adjacent to an activating group) is 1. The van der Waals surface area contributed by atoms with Gasteiger partial charge in [0.15, 0.2) is 0 Å². The molecular weight excluding hydrogens is 146 g/mol. The molecule has 0 spiro atoms. The predicted molar refractivity (Wildman–Crippen MR) is 41.2 cm³/mol. The molecule has 0 aliphatic carbocycles. The van der Waals surface area contributed by atoms with Gasteiger partial charge in [0.25, 0.3) is 0 Å². The smallest absolute Gasteiger partial charge is 0.306 e. The van der Waals surface area contributed by atoms with E-state index in [0.717, 1.165) is 0 Å². The maximum atomic E-state index is 10.5. The zero-order chi connectivity index (χ0) is 15.9. The Kier molecular flexibility index (Phi) is 1.02. The van der Waals surface area contributed by atoms with Gasteiger partial charge >= 0.3 is 5.97 Å². The first-order valence-electron chi connectivity index (χ1n) is 6.85. The van der Waals surface area contributed by atoms with E-state index in [9.17, 15) is 9.90 Å². The average molecular weight is 170 g/mol. The lowest BCUT2D eigenvalue weighted by Gasteiger charge is -2.25. The van der Waals surface area contributed by atoms with Crippen molar-refractivity contribution in [2.24, 2.45) is 0 Å². The fourth-order valence-corrected chi connectivity index (χ4v) is 0.509. The van der Waals surface area contributed by atoms with E-state index in [0.29, 0.717) is 7.05 Å². The minimum atomic E-state index is -3.31. The lowest BCUT2D eigenvalue weighted by molar-refractivity contribution is -0.873. The van der Waals surface area contributed by atoms with Crippen LogP contribution in [0, 0.1) is 0 Å². The molecule has 4 nitrogen and oxygen atoms in total. The molecular formula is C7H16NO3+. The monoisotopic (exact) mass is 170 g/mol. The van der Waals surface area contributed by atoms with E-state index in [1.807, 2.05) is 0 Å². The summed E-state index contributed by atoms with van der Waals surface area (Å²) in [4.78, 5) is 10.5. The Balaban J connectivity index is 5.83. The standard InChI is InChI=1S/C7H15NO3/c1-8(2,3)5-6(9)4-7(10)11/h6,9H,4-5H2,1-3H3/p+1/t6-/m1/s1/i1D3,2D3,5D2. The summed E-state index contributed by atoms with van der Waals surface area (Å²) < 4.78 is 56.4. The summed E-state index contributed by atoms with van der Waals surface area (Å²) in [7, 11) is 0.602. The van der Waals surface area contributed by atoms with Crippen LogP contribution in [0.15, 0.2) is 0 Å². The molecule has 2 N–H and O–H groups in total. The Morgan fingerprint density at radius 2 is 2.36 bits per heavy atom. The van der Waals surface area contributed by atoms with E-state index in [4.69, 9.17) is 16.1 Å². The third kappa shape index (κ3) is 7.29. The predicted octanol–water partition coefficient (Wildman–Crippen LogP) is -0.472. The van der Waals surface area contributed by atoms with Crippen molar-refractivity contribution in [2.75, 3.05) is 27.5 Å². The van der Waals surface area contributed by atoms with Crippen LogP contribution in [-0.2, 0) is 4.79 Å². The van der Waals surface area contributed by atoms with Crippen LogP contribution < -0.4 is 0 Å². The molecule has 0 aliphatic heterocycles. The molecule has 0 unspecified atom stereocenters. The molecule has 0 bridgehead atoms. The minimum Gasteiger partial charge on any atom is -0.481 e. The van der Waals surface area contributed by atoms with Gasteiger partial charge < -0.3 is 14.7 Å². The van der Waals surface area contributed by atoms with Crippen LogP contribution >= 0.6 is 0 Å². The third-order valence-corrected chi connectivity index (χ3v) is 0.775. The Labute approximate surface area is 77.9 Å². The zero-order valence-electron chi connectivity index (χ0n) is 14.0. The van der Waals surface area contributed by atoms with Crippen molar-refractivity contribution in [3.63, 3.8) is 0 Å². The number of nitrogens with zero attached hydrogens (tertiary/aromatic N) is 1. The van der Waals surface area contributed by atoms with Gasteiger partial charge in [0.05, 0.1) is 38.4 Å². The highest BCUT2D eigenvalue weighted by molar-refractivity contribution is 5.67. The Morgan fingerprint density at radius 3 is 2.73 bits per heavy atom. The first kappa shape index (κ1) is 3.03. The number of hydrogen-bond acceptors (Lipinski definition) is 2. The Bertz CT molecular complexity index is 335. The zero-order valence-corrected chi connectivity index (χ0v) is 6.03. The molecule has 0 heterocycles. The van der Waals surface area contributed by atoms with Gasteiger partial charge in [0.2, 0.25) is 0 Å². The SMILES string of the molecule is [2H]C([2H])([2H])[N+](C)(C([2H])([2H])[2H])C([2H])([2H])[C@H](O)CC(=O)O. The van der Waals surface area contributed by atoms with E-state index in [2.05, 4.69) is 0 Å². The van der Waals surface area contributed by atoms with E-state index in [1.54, 1.807) is 0 Å². The van der Waals surface area contributed by atoms with Gasteiger partial charge in [0.1, 0.15) is 12.6 Å². The molecule has 0 radical (unpaired) electrons. The second-order valence-electron chi connectivity index (χ2n) is 2.25. The first-order valence-corrected chi connectivity index (χ1v) is 2.85. The number of hydrogen-bond donors (Lipinski definition) is 2. The molecule has 0 aromatic heterocycles. The topological polar surface area (TPSA) is 57.5 Å². The van der Waals surface area contributed by atoms with Gasteiger partial charge in [-0.15, -0.1) is 0 Å². The normalized spacial score (nSPS) is 28.9. The van der Waals surface area contributed by atoms with Gasteiger partial charge in [-0.05, 0) is 0 Å². The van der Waals surface area contributed by atoms with Crippen molar-refractivity contribution in [3.05, 3.63) is 0 Å². The molecule has 0 saturated carbocycles. The molecule has 0 aliphatic rings. The van der Waals surface area contributed by atoms with Crippen LogP contribution in [0.5, 0.6) is 0 Å². The number of aliphatic hydroxyl groups excluding tert-OH is 1. The highest BCUT2D eigenvalue weighted by Crippen LogP contribution is 1.98. The van der Waals surface area contributed by atoms with E-state index in [-0.39, 0.29) is 0 Å². The van der Waals surface area contributed by atoms with Crippen molar-refractivity contribution >= 4 is 5.97 Å². The maximum absolute atomic E-state index is 10.5. The van der Waals surface area contributed by atoms with Crippen molar-refractivity contribution < 1.29 is 30.5 Å². The van der Waals surface area contributed by atoms with E-state index >= 15 is 0 Å². The van der Waals surface area contributed by atoms with Crippen LogP contribution in [0.25, 0.3) is 0 Å². The molecule has 0 aromatic carbocycles. The van der Waals surface area contributed by atoms with E-state index < -0.39 is 43.4 Å². The number of aliphatic hydroxyl groups is 1. The molecule has 1 atom stereocenters. The van der Waals surface area contributed by atoms with Gasteiger partial charge in [-0.25, -0.2) is 0 Å². The lowest BCUT2D eigenvalue weighted by atomic mass is 10.2. The molecule has 4 heteroatoms. The fourth-order valence-electron chi connectivity index (χ4n) is 0.509. The van der Waals surface area contributed by atoms with Crippen LogP contribution in [0.2, 0.25) is 0 Å². The molecule has 11 heavy (non-hydrogen) atoms. The summed E-state index contributed by atoms with van der Waals surface area (Å²) in [5.41, 5.74) is 0. The first-order chi connectivity index (χ1) is 8.09. The average Bonchev–Trinajstić information content (AvgIpc) is 2.11. The number of carboxylic acid groups (broad SMARTS) is 1. The molecule has 0 amide bonds. The minimum absolute atomic E-state index is 0.602. The second-order valence-corrected chi connectivity index (χ2v) is 2.25. The second kappa shape index (κ2) is 3.69. The van der Waals surface area contributed by atoms with Gasteiger partial charge in [-0.1, -0.05) is 0 Å². The highest BCUT2D eigenvalue weighted by Gasteiger charge is 2.17. The van der Waals surface area contributed by atoms with Crippen molar-refractivity contribution in [1.29, 1.82) is 0 Å². The maximum Gasteiger partial charge on any atom is 0.306 e. The van der Waals surface area contributed by atoms with Crippen LogP contribution in [0.3, 0.4) is 0 Å². The van der Waals surface area contributed by atoms with Crippen molar-refractivity contribution in [2.45, 2.75) is 12.5 Å². The summed E-state index contributed by atoms with van der Waals surface area (Å²) in [5, 5.41) is 18.0. The molecule has 66 valence electrons. The van der Waals surface area contributed by atoms with Gasteiger partial charge in [-0.3, -0.25) is 4.79 Å². The molecule has 0 fully saturated rings. The number of carboxylic acids is 1. The summed E-state index contributed by atoms with van der Waals surface area (Å²) >= 11 is 0. The Hall–Kier alpha value is -0.610.